The Morgan fingerprint density at radius 1 is 1.11 bits per heavy atom. The van der Waals surface area contributed by atoms with Crippen molar-refractivity contribution in [1.29, 1.82) is 0 Å². The number of allylic oxidation sites excluding steroid dienone is 1. The van der Waals surface area contributed by atoms with E-state index in [1.54, 1.807) is 0 Å². The fourth-order valence-electron chi connectivity index (χ4n) is 7.58. The zero-order valence-corrected chi connectivity index (χ0v) is 21.1. The average Bonchev–Trinajstić information content (AvgIpc) is 3.64. The molecule has 1 aromatic heterocycles. The number of aliphatic hydroxyl groups is 1. The van der Waals surface area contributed by atoms with Gasteiger partial charge in [0.25, 0.3) is 5.56 Å². The molecule has 2 fully saturated rings. The number of carbonyl (C=O) groups is 1. The Morgan fingerprint density at radius 2 is 1.83 bits per heavy atom. The van der Waals surface area contributed by atoms with Crippen LogP contribution in [-0.2, 0) is 24.2 Å². The van der Waals surface area contributed by atoms with E-state index in [0.29, 0.717) is 18.0 Å². The van der Waals surface area contributed by atoms with Crippen LogP contribution in [-0.4, -0.2) is 45.7 Å². The Kier molecular flexibility index (Phi) is 6.34. The lowest BCUT2D eigenvalue weighted by Crippen LogP contribution is -2.52. The summed E-state index contributed by atoms with van der Waals surface area (Å²) in [6.45, 7) is 3.29. The molecule has 6 rings (SSSR count). The van der Waals surface area contributed by atoms with Crippen molar-refractivity contribution >= 4 is 12.0 Å². The maximum atomic E-state index is 13.9. The summed E-state index contributed by atoms with van der Waals surface area (Å²) in [5.41, 5.74) is 4.36. The lowest BCUT2D eigenvalue weighted by Gasteiger charge is -2.33. The van der Waals surface area contributed by atoms with Gasteiger partial charge in [0, 0.05) is 48.8 Å². The Labute approximate surface area is 213 Å². The molecule has 1 saturated carbocycles. The number of carbonyl (C=O) groups excluding carboxylic acids is 1. The van der Waals surface area contributed by atoms with E-state index in [-0.39, 0.29) is 48.0 Å². The van der Waals surface area contributed by atoms with E-state index in [2.05, 4.69) is 40.5 Å². The van der Waals surface area contributed by atoms with Crippen molar-refractivity contribution in [2.75, 3.05) is 13.2 Å². The summed E-state index contributed by atoms with van der Waals surface area (Å²) in [6.07, 6.45) is 10.4. The summed E-state index contributed by atoms with van der Waals surface area (Å²) < 4.78 is 1.90. The zero-order chi connectivity index (χ0) is 24.8. The number of aliphatic hydroxyl groups excluding tert-OH is 1. The van der Waals surface area contributed by atoms with Gasteiger partial charge < -0.3 is 15.0 Å². The van der Waals surface area contributed by atoms with Crippen molar-refractivity contribution < 1.29 is 9.90 Å². The minimum Gasteiger partial charge on any atom is -0.396 e. The first-order valence-electron chi connectivity index (χ1n) is 13.7. The quantitative estimate of drug-likeness (QED) is 0.656. The first-order valence-corrected chi connectivity index (χ1v) is 13.7. The molecule has 2 N–H and O–H groups in total. The Morgan fingerprint density at radius 3 is 2.50 bits per heavy atom. The van der Waals surface area contributed by atoms with Crippen LogP contribution in [0.25, 0.3) is 6.08 Å². The molecular formula is C30H37N3O3. The van der Waals surface area contributed by atoms with Gasteiger partial charge in [-0.15, -0.1) is 0 Å². The number of hydrogen-bond donors (Lipinski definition) is 2. The molecular weight excluding hydrogens is 450 g/mol. The van der Waals surface area contributed by atoms with Gasteiger partial charge in [-0.05, 0) is 61.8 Å². The van der Waals surface area contributed by atoms with Crippen molar-refractivity contribution in [1.82, 2.24) is 14.8 Å². The summed E-state index contributed by atoms with van der Waals surface area (Å²) >= 11 is 0. The number of nitrogens with zero attached hydrogens (tertiary/aromatic N) is 2. The molecule has 0 bridgehead atoms. The van der Waals surface area contributed by atoms with Crippen LogP contribution in [0, 0.1) is 17.8 Å². The molecule has 4 atom stereocenters. The molecule has 0 spiro atoms. The van der Waals surface area contributed by atoms with Crippen LogP contribution in [0.2, 0.25) is 0 Å². The number of aromatic nitrogens is 1. The molecule has 36 heavy (non-hydrogen) atoms. The van der Waals surface area contributed by atoms with Crippen LogP contribution >= 0.6 is 0 Å². The topological polar surface area (TPSA) is 74.6 Å². The third-order valence-electron chi connectivity index (χ3n) is 9.18. The highest BCUT2D eigenvalue weighted by Crippen LogP contribution is 2.50. The maximum absolute atomic E-state index is 13.9. The number of likely N-dealkylation sites (tertiary alicyclic amines) is 1. The van der Waals surface area contributed by atoms with Gasteiger partial charge >= 0.3 is 0 Å². The van der Waals surface area contributed by atoms with E-state index in [1.807, 2.05) is 29.7 Å². The second-order valence-corrected chi connectivity index (χ2v) is 11.3. The highest BCUT2D eigenvalue weighted by Gasteiger charge is 2.56. The number of rotatable bonds is 6. The van der Waals surface area contributed by atoms with Crippen LogP contribution in [0.15, 0.2) is 47.3 Å². The van der Waals surface area contributed by atoms with E-state index in [1.165, 1.54) is 36.8 Å². The number of benzene rings is 1. The molecule has 2 aromatic rings. The molecule has 1 aromatic carbocycles. The summed E-state index contributed by atoms with van der Waals surface area (Å²) in [7, 11) is 0. The lowest BCUT2D eigenvalue weighted by molar-refractivity contribution is -0.128. The minimum atomic E-state index is -0.367. The van der Waals surface area contributed by atoms with E-state index in [9.17, 15) is 14.7 Å². The summed E-state index contributed by atoms with van der Waals surface area (Å²) in [5, 5.41) is 14.0. The predicted octanol–water partition coefficient (Wildman–Crippen LogP) is 3.32. The molecule has 1 amide bonds. The third-order valence-corrected chi connectivity index (χ3v) is 9.18. The van der Waals surface area contributed by atoms with Crippen LogP contribution in [0.1, 0.15) is 61.0 Å². The van der Waals surface area contributed by atoms with E-state index < -0.39 is 0 Å². The number of fused-ring (bicyclic) bond motifs is 4. The number of hydrogen-bond acceptors (Lipinski definition) is 4. The van der Waals surface area contributed by atoms with Crippen molar-refractivity contribution in [3.63, 3.8) is 0 Å². The fraction of sp³-hybridized carbons (Fsp3) is 0.533. The van der Waals surface area contributed by atoms with Gasteiger partial charge in [0.15, 0.2) is 0 Å². The first kappa shape index (κ1) is 23.7. The molecule has 3 heterocycles. The Hall–Kier alpha value is -2.70. The normalized spacial score (nSPS) is 28.1. The van der Waals surface area contributed by atoms with Crippen LogP contribution in [0.3, 0.4) is 0 Å². The Balaban J connectivity index is 1.31. The second kappa shape index (κ2) is 9.64. The second-order valence-electron chi connectivity index (χ2n) is 11.3. The van der Waals surface area contributed by atoms with Crippen molar-refractivity contribution in [2.45, 2.75) is 70.1 Å². The highest BCUT2D eigenvalue weighted by atomic mass is 16.3. The summed E-state index contributed by atoms with van der Waals surface area (Å²) in [5.74, 6) is 0.474. The largest absolute Gasteiger partial charge is 0.396 e. The smallest absolute Gasteiger partial charge is 0.258 e. The minimum absolute atomic E-state index is 0.00775. The van der Waals surface area contributed by atoms with E-state index >= 15 is 0 Å². The van der Waals surface area contributed by atoms with Crippen molar-refractivity contribution in [3.8, 4) is 0 Å². The number of nitrogens with one attached hydrogen (secondary N) is 1. The average molecular weight is 488 g/mol. The van der Waals surface area contributed by atoms with Gasteiger partial charge in [0.1, 0.15) is 0 Å². The fourth-order valence-corrected chi connectivity index (χ4v) is 7.58. The molecule has 2 aliphatic heterocycles. The lowest BCUT2D eigenvalue weighted by atomic mass is 9.88. The van der Waals surface area contributed by atoms with Crippen molar-refractivity contribution in [2.24, 2.45) is 17.8 Å². The van der Waals surface area contributed by atoms with Crippen molar-refractivity contribution in [3.05, 3.63) is 75.2 Å². The molecule has 6 nitrogen and oxygen atoms in total. The van der Waals surface area contributed by atoms with Gasteiger partial charge in [-0.1, -0.05) is 49.3 Å². The van der Waals surface area contributed by atoms with Gasteiger partial charge in [0.2, 0.25) is 5.91 Å². The van der Waals surface area contributed by atoms with Crippen LogP contribution < -0.4 is 10.9 Å². The van der Waals surface area contributed by atoms with E-state index in [4.69, 9.17) is 0 Å². The van der Waals surface area contributed by atoms with Gasteiger partial charge in [0.05, 0.1) is 12.1 Å². The SMILES string of the molecule is C/C=C\c1ccc2n(c1=O)C[C@H]1[C@H](CO)[C@@H](C(=O)NC3Cc4ccccc4C3)N(CC3CCCC3)[C@@H]21. The molecule has 4 aliphatic rings. The molecule has 2 aliphatic carbocycles. The maximum Gasteiger partial charge on any atom is 0.258 e. The molecule has 0 radical (unpaired) electrons. The highest BCUT2D eigenvalue weighted by molar-refractivity contribution is 5.83. The molecule has 6 heteroatoms. The molecule has 190 valence electrons. The standard InChI is InChI=1S/C30H37N3O3/c1-2-7-20-12-13-26-27-24(17-32(26)30(20)36)25(18-34)28(33(27)16-19-8-3-4-9-19)29(35)31-23-14-21-10-5-6-11-22(21)15-23/h2,5-7,10-13,19,23-25,27-28,34H,3-4,8-9,14-18H2,1H3,(H,31,35)/b7-2-/t24-,25-,27+,28-/m0/s1. The molecule has 0 unspecified atom stereocenters. The number of amides is 1. The van der Waals surface area contributed by atoms with Crippen LogP contribution in [0.4, 0.5) is 0 Å². The number of pyridine rings is 1. The van der Waals surface area contributed by atoms with Gasteiger partial charge in [-0.3, -0.25) is 14.5 Å². The predicted molar refractivity (Wildman–Crippen MR) is 140 cm³/mol. The van der Waals surface area contributed by atoms with Crippen LogP contribution in [0.5, 0.6) is 0 Å². The van der Waals surface area contributed by atoms with E-state index in [0.717, 1.165) is 25.1 Å². The monoisotopic (exact) mass is 487 g/mol. The van der Waals surface area contributed by atoms with Gasteiger partial charge in [-0.2, -0.15) is 0 Å². The Bertz CT molecular complexity index is 1200. The zero-order valence-electron chi connectivity index (χ0n) is 21.1. The summed E-state index contributed by atoms with van der Waals surface area (Å²) in [4.78, 5) is 29.5. The summed E-state index contributed by atoms with van der Waals surface area (Å²) in [6, 6.07) is 12.1. The first-order chi connectivity index (χ1) is 17.6. The van der Waals surface area contributed by atoms with Gasteiger partial charge in [-0.25, -0.2) is 0 Å². The third kappa shape index (κ3) is 3.95. The molecule has 1 saturated heterocycles.